The fraction of sp³-hybridized carbons (Fsp3) is 0.600. The van der Waals surface area contributed by atoms with E-state index in [4.69, 9.17) is 4.74 Å². The van der Waals surface area contributed by atoms with Gasteiger partial charge in [0.15, 0.2) is 0 Å². The standard InChI is InChI=1S/C15H24O2/c1-6-14(11(2)15(3,4)16)12-8-7-9-13(10-12)17-5/h7-11,14,16H,6H2,1-5H3. The molecule has 2 unspecified atom stereocenters. The zero-order valence-electron chi connectivity index (χ0n) is 11.5. The Morgan fingerprint density at radius 2 is 2.00 bits per heavy atom. The smallest absolute Gasteiger partial charge is 0.119 e. The lowest BCUT2D eigenvalue weighted by Gasteiger charge is -2.33. The van der Waals surface area contributed by atoms with Crippen LogP contribution in [0.5, 0.6) is 5.75 Å². The molecule has 1 N–H and O–H groups in total. The number of methoxy groups -OCH3 is 1. The summed E-state index contributed by atoms with van der Waals surface area (Å²) in [4.78, 5) is 0. The average molecular weight is 236 g/mol. The third-order valence-corrected chi connectivity index (χ3v) is 3.68. The van der Waals surface area contributed by atoms with E-state index in [1.165, 1.54) is 5.56 Å². The van der Waals surface area contributed by atoms with Gasteiger partial charge in [-0.1, -0.05) is 26.0 Å². The second-order valence-electron chi connectivity index (χ2n) is 5.23. The first-order valence-corrected chi connectivity index (χ1v) is 6.26. The Hall–Kier alpha value is -1.02. The first kappa shape index (κ1) is 14.0. The molecule has 2 nitrogen and oxygen atoms in total. The predicted molar refractivity (Wildman–Crippen MR) is 71.5 cm³/mol. The Labute approximate surface area is 105 Å². The van der Waals surface area contributed by atoms with Crippen LogP contribution in [-0.4, -0.2) is 17.8 Å². The third-order valence-electron chi connectivity index (χ3n) is 3.68. The van der Waals surface area contributed by atoms with E-state index >= 15 is 0 Å². The van der Waals surface area contributed by atoms with Crippen molar-refractivity contribution in [2.24, 2.45) is 5.92 Å². The highest BCUT2D eigenvalue weighted by atomic mass is 16.5. The number of aliphatic hydroxyl groups is 1. The van der Waals surface area contributed by atoms with E-state index in [1.54, 1.807) is 7.11 Å². The zero-order valence-corrected chi connectivity index (χ0v) is 11.5. The molecule has 0 saturated heterocycles. The van der Waals surface area contributed by atoms with Gasteiger partial charge in [-0.2, -0.15) is 0 Å². The molecule has 0 saturated carbocycles. The Bertz CT molecular complexity index is 352. The van der Waals surface area contributed by atoms with E-state index in [1.807, 2.05) is 26.0 Å². The minimum absolute atomic E-state index is 0.208. The van der Waals surface area contributed by atoms with E-state index in [9.17, 15) is 5.11 Å². The van der Waals surface area contributed by atoms with Crippen LogP contribution in [0.4, 0.5) is 0 Å². The lowest BCUT2D eigenvalue weighted by molar-refractivity contribution is 0.0122. The van der Waals surface area contributed by atoms with Crippen LogP contribution in [0.3, 0.4) is 0 Å². The maximum absolute atomic E-state index is 10.1. The van der Waals surface area contributed by atoms with Crippen LogP contribution in [0.25, 0.3) is 0 Å². The summed E-state index contributed by atoms with van der Waals surface area (Å²) < 4.78 is 5.25. The molecule has 0 aliphatic rings. The van der Waals surface area contributed by atoms with Crippen LogP contribution >= 0.6 is 0 Å². The van der Waals surface area contributed by atoms with Gasteiger partial charge in [-0.15, -0.1) is 0 Å². The molecule has 0 radical (unpaired) electrons. The van der Waals surface area contributed by atoms with E-state index < -0.39 is 5.60 Å². The molecular formula is C15H24O2. The molecule has 0 fully saturated rings. The minimum Gasteiger partial charge on any atom is -0.497 e. The van der Waals surface area contributed by atoms with Crippen LogP contribution < -0.4 is 4.74 Å². The molecule has 0 aliphatic carbocycles. The third kappa shape index (κ3) is 3.47. The summed E-state index contributed by atoms with van der Waals surface area (Å²) in [5, 5.41) is 10.1. The predicted octanol–water partition coefficient (Wildman–Crippen LogP) is 3.60. The summed E-state index contributed by atoms with van der Waals surface area (Å²) >= 11 is 0. The summed E-state index contributed by atoms with van der Waals surface area (Å²) in [5.41, 5.74) is 0.575. The lowest BCUT2D eigenvalue weighted by atomic mass is 9.76. The molecule has 1 aromatic rings. The molecule has 1 rings (SSSR count). The van der Waals surface area contributed by atoms with Gasteiger partial charge in [0.2, 0.25) is 0 Å². The fourth-order valence-electron chi connectivity index (χ4n) is 2.24. The second-order valence-corrected chi connectivity index (χ2v) is 5.23. The molecule has 0 aliphatic heterocycles. The van der Waals surface area contributed by atoms with Crippen LogP contribution in [-0.2, 0) is 0 Å². The molecule has 0 aromatic heterocycles. The SMILES string of the molecule is CCC(c1cccc(OC)c1)C(C)C(C)(C)O. The molecule has 0 spiro atoms. The van der Waals surface area contributed by atoms with Gasteiger partial charge in [0.1, 0.15) is 5.75 Å². The Morgan fingerprint density at radius 1 is 1.35 bits per heavy atom. The largest absolute Gasteiger partial charge is 0.497 e. The van der Waals surface area contributed by atoms with Gasteiger partial charge in [-0.25, -0.2) is 0 Å². The van der Waals surface area contributed by atoms with Gasteiger partial charge in [0, 0.05) is 0 Å². The van der Waals surface area contributed by atoms with E-state index in [0.29, 0.717) is 5.92 Å². The molecule has 1 aromatic carbocycles. The first-order chi connectivity index (χ1) is 7.90. The summed E-state index contributed by atoms with van der Waals surface area (Å²) in [6, 6.07) is 8.13. The number of ether oxygens (including phenoxy) is 1. The summed E-state index contributed by atoms with van der Waals surface area (Å²) in [6.45, 7) is 8.01. The van der Waals surface area contributed by atoms with Crippen molar-refractivity contribution in [3.8, 4) is 5.75 Å². The fourth-order valence-corrected chi connectivity index (χ4v) is 2.24. The molecule has 96 valence electrons. The van der Waals surface area contributed by atoms with Crippen molar-refractivity contribution in [1.82, 2.24) is 0 Å². The molecule has 2 heteroatoms. The highest BCUT2D eigenvalue weighted by molar-refractivity contribution is 5.31. The number of hydrogen-bond donors (Lipinski definition) is 1. The Morgan fingerprint density at radius 3 is 2.47 bits per heavy atom. The molecule has 17 heavy (non-hydrogen) atoms. The van der Waals surface area contributed by atoms with Crippen molar-refractivity contribution in [2.75, 3.05) is 7.11 Å². The first-order valence-electron chi connectivity index (χ1n) is 6.26. The van der Waals surface area contributed by atoms with Gasteiger partial charge in [0.05, 0.1) is 12.7 Å². The quantitative estimate of drug-likeness (QED) is 0.846. The summed E-state index contributed by atoms with van der Waals surface area (Å²) in [6.07, 6.45) is 1.01. The van der Waals surface area contributed by atoms with E-state index in [0.717, 1.165) is 12.2 Å². The zero-order chi connectivity index (χ0) is 13.1. The maximum atomic E-state index is 10.1. The van der Waals surface area contributed by atoms with Gasteiger partial charge >= 0.3 is 0 Å². The van der Waals surface area contributed by atoms with Gasteiger partial charge < -0.3 is 9.84 Å². The monoisotopic (exact) mass is 236 g/mol. The van der Waals surface area contributed by atoms with Crippen molar-refractivity contribution >= 4 is 0 Å². The number of benzene rings is 1. The van der Waals surface area contributed by atoms with Crippen molar-refractivity contribution in [3.05, 3.63) is 29.8 Å². The molecular weight excluding hydrogens is 212 g/mol. The van der Waals surface area contributed by atoms with Crippen molar-refractivity contribution in [2.45, 2.75) is 45.6 Å². The Kier molecular flexibility index (Phi) is 4.58. The van der Waals surface area contributed by atoms with Crippen molar-refractivity contribution in [3.63, 3.8) is 0 Å². The van der Waals surface area contributed by atoms with Crippen LogP contribution in [0.1, 0.15) is 45.6 Å². The topological polar surface area (TPSA) is 29.5 Å². The molecule has 0 amide bonds. The van der Waals surface area contributed by atoms with Gasteiger partial charge in [-0.05, 0) is 49.8 Å². The number of hydrogen-bond acceptors (Lipinski definition) is 2. The lowest BCUT2D eigenvalue weighted by Crippen LogP contribution is -2.33. The van der Waals surface area contributed by atoms with Crippen molar-refractivity contribution < 1.29 is 9.84 Å². The van der Waals surface area contributed by atoms with Gasteiger partial charge in [0.25, 0.3) is 0 Å². The van der Waals surface area contributed by atoms with E-state index in [-0.39, 0.29) is 5.92 Å². The van der Waals surface area contributed by atoms with Gasteiger partial charge in [-0.3, -0.25) is 0 Å². The highest BCUT2D eigenvalue weighted by Gasteiger charge is 2.30. The molecule has 0 bridgehead atoms. The second kappa shape index (κ2) is 5.54. The minimum atomic E-state index is -0.663. The molecule has 0 heterocycles. The Balaban J connectivity index is 3.01. The van der Waals surface area contributed by atoms with Crippen LogP contribution in [0, 0.1) is 5.92 Å². The van der Waals surface area contributed by atoms with Crippen LogP contribution in [0.15, 0.2) is 24.3 Å². The number of rotatable bonds is 5. The highest BCUT2D eigenvalue weighted by Crippen LogP contribution is 2.35. The summed E-state index contributed by atoms with van der Waals surface area (Å²) in [7, 11) is 1.68. The summed E-state index contributed by atoms with van der Waals surface area (Å²) in [5.74, 6) is 1.44. The molecule has 2 atom stereocenters. The average Bonchev–Trinajstić information content (AvgIpc) is 2.29. The normalized spacial score (nSPS) is 15.4. The maximum Gasteiger partial charge on any atom is 0.119 e. The van der Waals surface area contributed by atoms with E-state index in [2.05, 4.69) is 26.0 Å². The van der Waals surface area contributed by atoms with Crippen molar-refractivity contribution in [1.29, 1.82) is 0 Å². The van der Waals surface area contributed by atoms with Crippen LogP contribution in [0.2, 0.25) is 0 Å².